The third-order valence-electron chi connectivity index (χ3n) is 4.21. The van der Waals surface area contributed by atoms with Gasteiger partial charge in [0.1, 0.15) is 5.75 Å². The highest BCUT2D eigenvalue weighted by molar-refractivity contribution is 5.30. The van der Waals surface area contributed by atoms with Crippen molar-refractivity contribution in [3.05, 3.63) is 52.8 Å². The van der Waals surface area contributed by atoms with E-state index < -0.39 is 0 Å². The van der Waals surface area contributed by atoms with Crippen molar-refractivity contribution in [3.8, 4) is 5.75 Å². The monoisotopic (exact) mass is 286 g/mol. The predicted molar refractivity (Wildman–Crippen MR) is 87.8 cm³/mol. The van der Waals surface area contributed by atoms with E-state index in [1.54, 1.807) is 7.11 Å². The van der Waals surface area contributed by atoms with Gasteiger partial charge in [0.25, 0.3) is 0 Å². The molecule has 0 bridgehead atoms. The first-order valence-corrected chi connectivity index (χ1v) is 7.59. The number of aromatic nitrogens is 1. The number of benzene rings is 1. The van der Waals surface area contributed by atoms with E-state index in [0.29, 0.717) is 6.04 Å². The zero-order valence-electron chi connectivity index (χ0n) is 13.7. The summed E-state index contributed by atoms with van der Waals surface area (Å²) in [5.74, 6) is 0.900. The molecule has 0 aliphatic rings. The molecule has 2 aromatic rings. The van der Waals surface area contributed by atoms with Crippen LogP contribution in [0.4, 0.5) is 0 Å². The van der Waals surface area contributed by atoms with Crippen LogP contribution in [0.2, 0.25) is 0 Å². The molecule has 2 rings (SSSR count). The van der Waals surface area contributed by atoms with Crippen LogP contribution < -0.4 is 10.1 Å². The summed E-state index contributed by atoms with van der Waals surface area (Å²) >= 11 is 0. The Morgan fingerprint density at radius 1 is 1.19 bits per heavy atom. The zero-order valence-corrected chi connectivity index (χ0v) is 13.7. The number of ether oxygens (including phenoxy) is 1. The number of nitrogens with one attached hydrogen (secondary N) is 1. The number of hydrogen-bond acceptors (Lipinski definition) is 2. The summed E-state index contributed by atoms with van der Waals surface area (Å²) in [6.07, 6.45) is 0. The molecule has 0 amide bonds. The number of nitrogens with zero attached hydrogens (tertiary/aromatic N) is 1. The number of methoxy groups -OCH3 is 1. The Hall–Kier alpha value is -1.74. The van der Waals surface area contributed by atoms with Crippen LogP contribution in [0.1, 0.15) is 42.4 Å². The molecule has 1 heterocycles. The van der Waals surface area contributed by atoms with Gasteiger partial charge in [0.2, 0.25) is 0 Å². The Bertz CT molecular complexity index is 584. The number of hydrogen-bond donors (Lipinski definition) is 1. The van der Waals surface area contributed by atoms with Crippen LogP contribution in [-0.2, 0) is 13.1 Å². The van der Waals surface area contributed by atoms with Gasteiger partial charge in [0, 0.05) is 30.5 Å². The SMILES string of the molecule is CCn1c(C)cc(CNC(C)c2ccc(OC)cc2)c1C. The van der Waals surface area contributed by atoms with Gasteiger partial charge in [-0.1, -0.05) is 12.1 Å². The molecule has 114 valence electrons. The molecule has 0 saturated carbocycles. The lowest BCUT2D eigenvalue weighted by Gasteiger charge is -2.15. The third-order valence-corrected chi connectivity index (χ3v) is 4.21. The summed E-state index contributed by atoms with van der Waals surface area (Å²) in [4.78, 5) is 0. The van der Waals surface area contributed by atoms with E-state index in [-0.39, 0.29) is 0 Å². The van der Waals surface area contributed by atoms with E-state index >= 15 is 0 Å². The average molecular weight is 286 g/mol. The summed E-state index contributed by atoms with van der Waals surface area (Å²) < 4.78 is 7.56. The summed E-state index contributed by atoms with van der Waals surface area (Å²) in [5, 5.41) is 3.60. The molecule has 0 aliphatic heterocycles. The van der Waals surface area contributed by atoms with Gasteiger partial charge < -0.3 is 14.6 Å². The maximum atomic E-state index is 5.20. The van der Waals surface area contributed by atoms with Gasteiger partial charge in [-0.3, -0.25) is 0 Å². The smallest absolute Gasteiger partial charge is 0.118 e. The first kappa shape index (κ1) is 15.6. The molecular weight excluding hydrogens is 260 g/mol. The second-order valence-corrected chi connectivity index (χ2v) is 5.52. The minimum atomic E-state index is 0.320. The molecule has 0 radical (unpaired) electrons. The summed E-state index contributed by atoms with van der Waals surface area (Å²) in [5.41, 5.74) is 5.36. The molecule has 1 aromatic carbocycles. The van der Waals surface area contributed by atoms with Crippen LogP contribution in [-0.4, -0.2) is 11.7 Å². The second kappa shape index (κ2) is 6.81. The van der Waals surface area contributed by atoms with Crippen LogP contribution in [0.5, 0.6) is 5.75 Å². The van der Waals surface area contributed by atoms with Gasteiger partial charge in [0.15, 0.2) is 0 Å². The van der Waals surface area contributed by atoms with E-state index in [1.165, 1.54) is 22.5 Å². The van der Waals surface area contributed by atoms with Crippen molar-refractivity contribution < 1.29 is 4.74 Å². The molecule has 0 fully saturated rings. The summed E-state index contributed by atoms with van der Waals surface area (Å²) in [6.45, 7) is 10.7. The maximum Gasteiger partial charge on any atom is 0.118 e. The van der Waals surface area contributed by atoms with E-state index in [9.17, 15) is 0 Å². The van der Waals surface area contributed by atoms with Gasteiger partial charge in [0.05, 0.1) is 7.11 Å². The minimum Gasteiger partial charge on any atom is -0.497 e. The molecule has 0 spiro atoms. The minimum absolute atomic E-state index is 0.320. The standard InChI is InChI=1S/C18H26N2O/c1-6-20-13(2)11-17(15(20)4)12-19-14(3)16-7-9-18(21-5)10-8-16/h7-11,14,19H,6,12H2,1-5H3. The van der Waals surface area contributed by atoms with Crippen molar-refractivity contribution in [2.24, 2.45) is 0 Å². The Morgan fingerprint density at radius 3 is 2.38 bits per heavy atom. The molecular formula is C18H26N2O. The van der Waals surface area contributed by atoms with E-state index in [4.69, 9.17) is 4.74 Å². The van der Waals surface area contributed by atoms with Gasteiger partial charge in [-0.15, -0.1) is 0 Å². The molecule has 0 aliphatic carbocycles. The van der Waals surface area contributed by atoms with E-state index in [2.05, 4.69) is 55.8 Å². The van der Waals surface area contributed by atoms with Crippen LogP contribution in [0, 0.1) is 13.8 Å². The fraction of sp³-hybridized carbons (Fsp3) is 0.444. The predicted octanol–water partition coefficient (Wildman–Crippen LogP) is 3.98. The third kappa shape index (κ3) is 3.48. The molecule has 3 heteroatoms. The normalized spacial score (nSPS) is 12.4. The molecule has 1 aromatic heterocycles. The second-order valence-electron chi connectivity index (χ2n) is 5.52. The highest BCUT2D eigenvalue weighted by Crippen LogP contribution is 2.19. The average Bonchev–Trinajstić information content (AvgIpc) is 2.78. The van der Waals surface area contributed by atoms with Crippen molar-refractivity contribution in [1.29, 1.82) is 0 Å². The summed E-state index contributed by atoms with van der Waals surface area (Å²) in [6, 6.07) is 10.9. The molecule has 1 unspecified atom stereocenters. The Morgan fingerprint density at radius 2 is 1.86 bits per heavy atom. The molecule has 1 atom stereocenters. The Kier molecular flexibility index (Phi) is 5.07. The van der Waals surface area contributed by atoms with Crippen molar-refractivity contribution in [3.63, 3.8) is 0 Å². The largest absolute Gasteiger partial charge is 0.497 e. The topological polar surface area (TPSA) is 26.2 Å². The van der Waals surface area contributed by atoms with Crippen LogP contribution in [0.25, 0.3) is 0 Å². The Balaban J connectivity index is 2.01. The van der Waals surface area contributed by atoms with E-state index in [0.717, 1.165) is 18.8 Å². The number of aryl methyl sites for hydroxylation is 1. The maximum absolute atomic E-state index is 5.20. The quantitative estimate of drug-likeness (QED) is 0.869. The fourth-order valence-corrected chi connectivity index (χ4v) is 2.81. The van der Waals surface area contributed by atoms with Crippen molar-refractivity contribution in [2.75, 3.05) is 7.11 Å². The van der Waals surface area contributed by atoms with Gasteiger partial charge in [-0.2, -0.15) is 0 Å². The van der Waals surface area contributed by atoms with Gasteiger partial charge >= 0.3 is 0 Å². The summed E-state index contributed by atoms with van der Waals surface area (Å²) in [7, 11) is 1.69. The van der Waals surface area contributed by atoms with Crippen molar-refractivity contribution in [2.45, 2.75) is 46.8 Å². The molecule has 3 nitrogen and oxygen atoms in total. The molecule has 21 heavy (non-hydrogen) atoms. The lowest BCUT2D eigenvalue weighted by molar-refractivity contribution is 0.414. The van der Waals surface area contributed by atoms with Crippen LogP contribution in [0.15, 0.2) is 30.3 Å². The first-order valence-electron chi connectivity index (χ1n) is 7.59. The fourth-order valence-electron chi connectivity index (χ4n) is 2.81. The highest BCUT2D eigenvalue weighted by atomic mass is 16.5. The van der Waals surface area contributed by atoms with Crippen molar-refractivity contribution in [1.82, 2.24) is 9.88 Å². The zero-order chi connectivity index (χ0) is 15.4. The number of rotatable bonds is 6. The van der Waals surface area contributed by atoms with E-state index in [1.807, 2.05) is 12.1 Å². The van der Waals surface area contributed by atoms with Crippen LogP contribution in [0.3, 0.4) is 0 Å². The van der Waals surface area contributed by atoms with Gasteiger partial charge in [-0.05, 0) is 57.0 Å². The molecule has 1 N–H and O–H groups in total. The Labute approximate surface area is 127 Å². The highest BCUT2D eigenvalue weighted by Gasteiger charge is 2.10. The van der Waals surface area contributed by atoms with Gasteiger partial charge in [-0.25, -0.2) is 0 Å². The first-order chi connectivity index (χ1) is 10.1. The lowest BCUT2D eigenvalue weighted by atomic mass is 10.1. The lowest BCUT2D eigenvalue weighted by Crippen LogP contribution is -2.18. The van der Waals surface area contributed by atoms with Crippen molar-refractivity contribution >= 4 is 0 Å². The van der Waals surface area contributed by atoms with Crippen LogP contribution >= 0.6 is 0 Å². The molecule has 0 saturated heterocycles.